The van der Waals surface area contributed by atoms with Crippen LogP contribution < -0.4 is 0 Å². The van der Waals surface area contributed by atoms with Gasteiger partial charge in [-0.2, -0.15) is 4.55 Å². The Bertz CT molecular complexity index is 29.0. The van der Waals surface area contributed by atoms with E-state index in [1.165, 1.54) is 0 Å². The first-order valence-corrected chi connectivity index (χ1v) is 2.64. The van der Waals surface area contributed by atoms with E-state index in [2.05, 4.69) is 5.87 Å². The van der Waals surface area contributed by atoms with Gasteiger partial charge >= 0.3 is 0 Å². The maximum Gasteiger partial charge on any atom is 0.146 e. The lowest BCUT2D eigenvalue weighted by Gasteiger charge is -1.53. The summed E-state index contributed by atoms with van der Waals surface area (Å²) in [6, 6.07) is 0. The van der Waals surface area contributed by atoms with Gasteiger partial charge in [-0.15, -0.1) is 0 Å². The molecule has 0 amide bonds. The molecule has 1 nitrogen and oxygen atoms in total. The van der Waals surface area contributed by atoms with E-state index in [0.717, 1.165) is 0 Å². The van der Waals surface area contributed by atoms with Crippen molar-refractivity contribution in [2.75, 3.05) is 6.26 Å². The van der Waals surface area contributed by atoms with Gasteiger partial charge in [0.25, 0.3) is 0 Å². The zero-order chi connectivity index (χ0) is 3.58. The molecule has 0 aliphatic rings. The highest BCUT2D eigenvalue weighted by atomic mass is 32.2. The van der Waals surface area contributed by atoms with Gasteiger partial charge in [-0.05, 0) is 0 Å². The van der Waals surface area contributed by atoms with Crippen molar-refractivity contribution in [1.82, 2.24) is 0 Å². The molecule has 0 bridgehead atoms. The molecule has 0 heterocycles. The summed E-state index contributed by atoms with van der Waals surface area (Å²) in [7, 11) is -0.611. The smallest absolute Gasteiger partial charge is 0.146 e. The van der Waals surface area contributed by atoms with Crippen LogP contribution in [0.3, 0.4) is 0 Å². The Labute approximate surface area is 28.4 Å². The molecular formula is C2H6OS+. The molecule has 0 spiro atoms. The second kappa shape index (κ2) is 1.38. The monoisotopic (exact) mass is 78.0 g/mol. The Hall–Kier alpha value is 0.0500. The first kappa shape index (κ1) is 4.05. The van der Waals surface area contributed by atoms with E-state index in [0.29, 0.717) is 0 Å². The Morgan fingerprint density at radius 1 is 2.00 bits per heavy atom. The fourth-order valence-corrected chi connectivity index (χ4v) is 0. The molecule has 0 aliphatic carbocycles. The summed E-state index contributed by atoms with van der Waals surface area (Å²) in [5.41, 5.74) is 0. The van der Waals surface area contributed by atoms with E-state index in [9.17, 15) is 0 Å². The van der Waals surface area contributed by atoms with Crippen LogP contribution in [-0.2, 0) is 10.8 Å². The van der Waals surface area contributed by atoms with Crippen molar-refractivity contribution in [2.45, 2.75) is 0 Å². The lowest BCUT2D eigenvalue weighted by Crippen LogP contribution is -1.71. The molecule has 0 aromatic heterocycles. The Balaban J connectivity index is 2.80. The second-order valence-electron chi connectivity index (χ2n) is 0.600. The second-order valence-corrected chi connectivity index (χ2v) is 1.80. The maximum absolute atomic E-state index is 7.97. The molecule has 0 rings (SSSR count). The van der Waals surface area contributed by atoms with E-state index in [4.69, 9.17) is 4.55 Å². The van der Waals surface area contributed by atoms with Crippen molar-refractivity contribution in [2.24, 2.45) is 0 Å². The maximum atomic E-state index is 7.97. The van der Waals surface area contributed by atoms with Crippen molar-refractivity contribution in [3.05, 3.63) is 0 Å². The highest BCUT2D eigenvalue weighted by Crippen LogP contribution is 1.46. The summed E-state index contributed by atoms with van der Waals surface area (Å²) in [5, 5.41) is 0. The number of rotatable bonds is 0. The molecule has 1 unspecified atom stereocenters. The zero-order valence-corrected chi connectivity index (χ0v) is 3.38. The van der Waals surface area contributed by atoms with Crippen molar-refractivity contribution >= 4 is 16.6 Å². The van der Waals surface area contributed by atoms with Crippen molar-refractivity contribution in [3.63, 3.8) is 0 Å². The van der Waals surface area contributed by atoms with Crippen LogP contribution in [0.2, 0.25) is 0 Å². The molecule has 0 fully saturated rings. The van der Waals surface area contributed by atoms with Crippen molar-refractivity contribution in [3.8, 4) is 0 Å². The molecule has 25 valence electrons. The van der Waals surface area contributed by atoms with Gasteiger partial charge in [-0.25, -0.2) is 0 Å². The molecule has 0 aromatic rings. The minimum Gasteiger partial charge on any atom is -0.171 e. The largest absolute Gasteiger partial charge is 0.171 e. The predicted molar refractivity (Wildman–Crippen MR) is 23.0 cm³/mol. The molecule has 0 saturated heterocycles. The quantitative estimate of drug-likeness (QED) is 0.323. The minimum absolute atomic E-state index is 0.611. The van der Waals surface area contributed by atoms with Gasteiger partial charge in [-0.1, -0.05) is 0 Å². The normalized spacial score (nSPS) is 11.0. The van der Waals surface area contributed by atoms with Crippen LogP contribution in [0.25, 0.3) is 0 Å². The topological polar surface area (TPSA) is 20.2 Å². The molecule has 2 heteroatoms. The summed E-state index contributed by atoms with van der Waals surface area (Å²) >= 11 is 0. The fraction of sp³-hybridized carbons (Fsp3) is 0.500. The standard InChI is InChI=1S/C2H6OS/c1-4(2)3/h3H,1H2,2H3/q+1. The number of hydrogen-bond donors (Lipinski definition) is 1. The average molecular weight is 78.1 g/mol. The fourth-order valence-electron chi connectivity index (χ4n) is 0. The first-order valence-electron chi connectivity index (χ1n) is 0.879. The Morgan fingerprint density at radius 3 is 2.00 bits per heavy atom. The molecular weight excluding hydrogens is 72.1 g/mol. The molecule has 1 radical (unpaired) electrons. The van der Waals surface area contributed by atoms with Gasteiger partial charge in [0.2, 0.25) is 0 Å². The van der Waals surface area contributed by atoms with Crippen LogP contribution in [0, 0.1) is 0 Å². The third-order valence-electron chi connectivity index (χ3n) is 0. The molecule has 0 aromatic carbocycles. The summed E-state index contributed by atoms with van der Waals surface area (Å²) in [5.74, 6) is 3.22. The highest BCUT2D eigenvalue weighted by molar-refractivity contribution is 7.88. The zero-order valence-electron chi connectivity index (χ0n) is 2.56. The minimum atomic E-state index is -0.611. The van der Waals surface area contributed by atoms with Crippen LogP contribution in [0.5, 0.6) is 0 Å². The number of hydrogen-bond acceptors (Lipinski definition) is 1. The van der Waals surface area contributed by atoms with E-state index in [1.807, 2.05) is 0 Å². The lowest BCUT2D eigenvalue weighted by atomic mass is 11.9. The van der Waals surface area contributed by atoms with Gasteiger partial charge in [0.15, 0.2) is 0 Å². The van der Waals surface area contributed by atoms with E-state index < -0.39 is 10.8 Å². The Kier molecular flexibility index (Phi) is 1.40. The summed E-state index contributed by atoms with van der Waals surface area (Å²) in [4.78, 5) is 0. The first-order chi connectivity index (χ1) is 1.73. The van der Waals surface area contributed by atoms with Gasteiger partial charge in [0.05, 0.1) is 10.8 Å². The molecule has 0 aliphatic heterocycles. The summed E-state index contributed by atoms with van der Waals surface area (Å²) in [6.45, 7) is 0. The summed E-state index contributed by atoms with van der Waals surface area (Å²) in [6.07, 6.45) is 1.64. The summed E-state index contributed by atoms with van der Waals surface area (Å²) < 4.78 is 7.97. The van der Waals surface area contributed by atoms with Crippen LogP contribution in [-0.4, -0.2) is 16.7 Å². The molecule has 1 N–H and O–H groups in total. The van der Waals surface area contributed by atoms with Crippen molar-refractivity contribution in [1.29, 1.82) is 0 Å². The van der Waals surface area contributed by atoms with Crippen molar-refractivity contribution < 1.29 is 4.55 Å². The molecule has 4 heavy (non-hydrogen) atoms. The Morgan fingerprint density at radius 2 is 2.00 bits per heavy atom. The van der Waals surface area contributed by atoms with Gasteiger partial charge in [-0.3, -0.25) is 0 Å². The highest BCUT2D eigenvalue weighted by Gasteiger charge is 1.65. The van der Waals surface area contributed by atoms with E-state index in [-0.39, 0.29) is 0 Å². The third-order valence-corrected chi connectivity index (χ3v) is 0. The molecule has 0 saturated carbocycles. The van der Waals surface area contributed by atoms with E-state index in [1.54, 1.807) is 6.26 Å². The van der Waals surface area contributed by atoms with Gasteiger partial charge in [0, 0.05) is 0 Å². The van der Waals surface area contributed by atoms with Crippen LogP contribution in [0.15, 0.2) is 0 Å². The van der Waals surface area contributed by atoms with Gasteiger partial charge < -0.3 is 0 Å². The van der Waals surface area contributed by atoms with Crippen LogP contribution in [0.1, 0.15) is 0 Å². The van der Waals surface area contributed by atoms with Gasteiger partial charge in [0.1, 0.15) is 12.1 Å². The predicted octanol–water partition coefficient (Wildman–Crippen LogP) is 0.140. The lowest BCUT2D eigenvalue weighted by molar-refractivity contribution is 0.660. The molecule has 1 atom stereocenters. The SMILES string of the molecule is C=[S+](C)O. The third kappa shape index (κ3) is 904. The average Bonchev–Trinajstić information content (AvgIpc) is 0.811. The van der Waals surface area contributed by atoms with Crippen LogP contribution >= 0.6 is 0 Å². The van der Waals surface area contributed by atoms with Crippen LogP contribution in [0.4, 0.5) is 0 Å². The van der Waals surface area contributed by atoms with E-state index >= 15 is 0 Å².